The highest BCUT2D eigenvalue weighted by molar-refractivity contribution is 7.46. The second kappa shape index (κ2) is 25.3. The molecule has 4 N–H and O–H groups in total. The van der Waals surface area contributed by atoms with Crippen LogP contribution in [0, 0.1) is 85.8 Å². The Labute approximate surface area is 485 Å². The third-order valence-corrected chi connectivity index (χ3v) is 25.3. The number of hydrogen-bond acceptors (Lipinski definition) is 9. The molecule has 0 aromatic heterocycles. The molecule has 6 fully saturated rings. The Balaban J connectivity index is 1.10. The summed E-state index contributed by atoms with van der Waals surface area (Å²) in [5.41, 5.74) is 1.38. The lowest BCUT2D eigenvalue weighted by atomic mass is 9.28. The zero-order chi connectivity index (χ0) is 60.0. The van der Waals surface area contributed by atoms with Crippen LogP contribution < -0.4 is 10.6 Å². The highest BCUT2D eigenvalue weighted by Crippen LogP contribution is 2.80. The van der Waals surface area contributed by atoms with E-state index in [0.29, 0.717) is 49.1 Å². The van der Waals surface area contributed by atoms with Gasteiger partial charge in [0.2, 0.25) is 23.6 Å². The number of ether oxygens (including phenoxy) is 2. The van der Waals surface area contributed by atoms with E-state index < -0.39 is 44.1 Å². The fraction of sp³-hybridized carbons (Fsp3) is 0.906. The van der Waals surface area contributed by atoms with E-state index in [4.69, 9.17) is 14.0 Å². The smallest absolute Gasteiger partial charge is 0.379 e. The predicted molar refractivity (Wildman–Crippen MR) is 318 cm³/mol. The fourth-order valence-corrected chi connectivity index (χ4v) is 19.9. The van der Waals surface area contributed by atoms with Crippen molar-refractivity contribution < 1.29 is 47.5 Å². The van der Waals surface area contributed by atoms with Crippen molar-refractivity contribution in [3.8, 4) is 0 Å². The molecule has 5 aliphatic carbocycles. The van der Waals surface area contributed by atoms with Crippen LogP contribution >= 0.6 is 7.82 Å². The Morgan fingerprint density at radius 2 is 1.45 bits per heavy atom. The molecule has 15 nitrogen and oxygen atoms in total. The number of nitrogens with zero attached hydrogens (tertiary/aromatic N) is 3. The topological polar surface area (TPSA) is 187 Å². The molecule has 1 heterocycles. The zero-order valence-electron chi connectivity index (χ0n) is 53.5. The molecule has 3 unspecified atom stereocenters. The van der Waals surface area contributed by atoms with Gasteiger partial charge in [-0.25, -0.2) is 4.57 Å². The van der Waals surface area contributed by atoms with E-state index in [-0.39, 0.29) is 92.9 Å². The Bertz CT molecular complexity index is 2250. The second-order valence-corrected chi connectivity index (χ2v) is 30.7. The molecule has 0 radical (unpaired) electrons. The minimum atomic E-state index is -4.61. The summed E-state index contributed by atoms with van der Waals surface area (Å²) in [6, 6.07) is -1.91. The summed E-state index contributed by atoms with van der Waals surface area (Å²) >= 11 is 0. The van der Waals surface area contributed by atoms with E-state index in [1.807, 2.05) is 58.5 Å². The van der Waals surface area contributed by atoms with Crippen LogP contribution in [0.4, 0.5) is 0 Å². The molecule has 16 heteroatoms. The summed E-state index contributed by atoms with van der Waals surface area (Å²) in [6.45, 7) is 37.3. The Morgan fingerprint density at radius 3 is 2.01 bits per heavy atom. The van der Waals surface area contributed by atoms with Crippen LogP contribution in [-0.4, -0.2) is 140 Å². The fourth-order valence-electron chi connectivity index (χ4n) is 19.5. The van der Waals surface area contributed by atoms with Crippen molar-refractivity contribution in [1.29, 1.82) is 0 Å². The number of likely N-dealkylation sites (N-methyl/N-ethyl adjacent to an activating group) is 2. The van der Waals surface area contributed by atoms with Gasteiger partial charge in [0.1, 0.15) is 6.04 Å². The molecule has 6 rings (SSSR count). The monoisotopic (exact) mass is 1140 g/mol. The van der Waals surface area contributed by atoms with Gasteiger partial charge in [-0.15, -0.1) is 0 Å². The lowest BCUT2D eigenvalue weighted by Gasteiger charge is -2.76. The van der Waals surface area contributed by atoms with Crippen LogP contribution in [0.15, 0.2) is 12.2 Å². The first-order valence-corrected chi connectivity index (χ1v) is 32.8. The Morgan fingerprint density at radius 1 is 0.800 bits per heavy atom. The minimum Gasteiger partial charge on any atom is -0.379 e. The first-order valence-electron chi connectivity index (χ1n) is 31.3. The molecular weight excluding hydrogens is 1030 g/mol. The third-order valence-electron chi connectivity index (χ3n) is 24.8. The summed E-state index contributed by atoms with van der Waals surface area (Å²) in [5, 5.41) is 6.44. The third kappa shape index (κ3) is 12.1. The summed E-state index contributed by atoms with van der Waals surface area (Å²) in [5.74, 6) is 0.832. The van der Waals surface area contributed by atoms with Crippen molar-refractivity contribution in [1.82, 2.24) is 25.3 Å². The summed E-state index contributed by atoms with van der Waals surface area (Å²) in [7, 11) is 4.14. The van der Waals surface area contributed by atoms with E-state index in [9.17, 15) is 33.5 Å². The van der Waals surface area contributed by atoms with Crippen LogP contribution in [-0.2, 0) is 37.7 Å². The van der Waals surface area contributed by atoms with E-state index >= 15 is 0 Å². The number of phosphoric acid groups is 1. The number of carbonyl (C=O) groups excluding carboxylic acids is 4. The van der Waals surface area contributed by atoms with Crippen molar-refractivity contribution in [3.63, 3.8) is 0 Å². The second-order valence-electron chi connectivity index (χ2n) is 29.5. The van der Waals surface area contributed by atoms with Crippen LogP contribution in [0.2, 0.25) is 0 Å². The Hall–Kier alpha value is -2.39. The van der Waals surface area contributed by atoms with Gasteiger partial charge in [0.05, 0.1) is 49.3 Å². The summed E-state index contributed by atoms with van der Waals surface area (Å²) < 4.78 is 29.9. The lowest BCUT2D eigenvalue weighted by Crippen LogP contribution is -2.69. The molecule has 80 heavy (non-hydrogen) atoms. The first-order chi connectivity index (χ1) is 37.1. The molecular formula is C64H114N5O10P. The highest BCUT2D eigenvalue weighted by Gasteiger charge is 2.73. The van der Waals surface area contributed by atoms with Crippen molar-refractivity contribution in [2.75, 3.05) is 55.1 Å². The number of nitrogens with one attached hydrogen (secondary N) is 2. The average Bonchev–Trinajstić information content (AvgIpc) is 2.05. The van der Waals surface area contributed by atoms with E-state index in [2.05, 4.69) is 79.5 Å². The summed E-state index contributed by atoms with van der Waals surface area (Å²) in [6.07, 6.45) is 12.8. The van der Waals surface area contributed by atoms with Gasteiger partial charge in [-0.1, -0.05) is 109 Å². The maximum Gasteiger partial charge on any atom is 0.469 e. The van der Waals surface area contributed by atoms with Crippen LogP contribution in [0.5, 0.6) is 0 Å². The maximum absolute atomic E-state index is 14.6. The van der Waals surface area contributed by atoms with Crippen molar-refractivity contribution in [2.45, 2.75) is 230 Å². The maximum atomic E-state index is 14.6. The number of allylic oxidation sites excluding steroid dienone is 1. The van der Waals surface area contributed by atoms with Gasteiger partial charge < -0.3 is 39.7 Å². The molecule has 5 saturated carbocycles. The average molecular weight is 1140 g/mol. The van der Waals surface area contributed by atoms with Crippen molar-refractivity contribution >= 4 is 31.5 Å². The summed E-state index contributed by atoms with van der Waals surface area (Å²) in [4.78, 5) is 82.2. The SMILES string of the molecule is C=C(C)[C@@H]1CC[C@]2(COP(=O)(O)O)CC[C@]3(C)C(CCC4[C@@]5(C)CC[C@H](CCNC(=O)[C@H](C)[C@@H](OC)C6CCCN6C(=O)C[C@@H](OC)[C@H]([C@@H](C)CC)N(C)C(=O)[C@@H](NC(=O)[C@H](C(C)C)N(C)C)C(C)C)C(C)(C)[C@]5(C)CC[C@]43C)[C@@H]12. The largest absolute Gasteiger partial charge is 0.469 e. The van der Waals surface area contributed by atoms with Gasteiger partial charge in [-0.2, -0.15) is 0 Å². The quantitative estimate of drug-likeness (QED) is 0.0532. The first kappa shape index (κ1) is 66.7. The minimum absolute atomic E-state index is 0.0124. The van der Waals surface area contributed by atoms with E-state index in [1.54, 1.807) is 26.2 Å². The van der Waals surface area contributed by atoms with Crippen molar-refractivity contribution in [3.05, 3.63) is 12.2 Å². The molecule has 18 atom stereocenters. The number of hydrogen-bond donors (Lipinski definition) is 4. The van der Waals surface area contributed by atoms with Gasteiger partial charge in [0.15, 0.2) is 0 Å². The zero-order valence-corrected chi connectivity index (χ0v) is 54.4. The predicted octanol–water partition coefficient (Wildman–Crippen LogP) is 10.9. The van der Waals surface area contributed by atoms with Crippen LogP contribution in [0.3, 0.4) is 0 Å². The number of phosphoric ester groups is 1. The molecule has 0 aromatic rings. The molecule has 460 valence electrons. The molecule has 0 aromatic carbocycles. The number of fused-ring (bicyclic) bond motifs is 7. The molecule has 6 aliphatic rings. The van der Waals surface area contributed by atoms with Crippen molar-refractivity contribution in [2.24, 2.45) is 85.8 Å². The highest BCUT2D eigenvalue weighted by atomic mass is 31.2. The lowest BCUT2D eigenvalue weighted by molar-refractivity contribution is -0.275. The number of amides is 4. The molecule has 0 bridgehead atoms. The number of rotatable bonds is 24. The van der Waals surface area contributed by atoms with Crippen LogP contribution in [0.25, 0.3) is 0 Å². The van der Waals surface area contributed by atoms with E-state index in [0.717, 1.165) is 77.0 Å². The van der Waals surface area contributed by atoms with Crippen LogP contribution in [0.1, 0.15) is 193 Å². The van der Waals surface area contributed by atoms with Gasteiger partial charge in [-0.05, 0) is 184 Å². The molecule has 0 spiro atoms. The van der Waals surface area contributed by atoms with Gasteiger partial charge in [0.25, 0.3) is 0 Å². The van der Waals surface area contributed by atoms with Gasteiger partial charge in [-0.3, -0.25) is 28.6 Å². The molecule has 4 amide bonds. The molecule has 1 saturated heterocycles. The Kier molecular flexibility index (Phi) is 21.1. The number of carbonyl (C=O) groups is 4. The number of methoxy groups -OCH3 is 2. The number of likely N-dealkylation sites (tertiary alicyclic amines) is 1. The normalized spacial score (nSPS) is 35.7. The standard InChI is InChI=1S/C64H114N5O10P/c1-21-42(8)54(68(18)58(73)52(40(4)5)66-57(72)53(41(6)7)67(16)17)48(77-19)37-50(70)69-36-22-23-47(69)55(78-20)43(9)56(71)65-35-28-44-26-29-62(14)49-25-24-46-51-45(39(2)3)27-30-64(51,38-79-80(74,75)76)34-32-60(46,12)61(49,13)31-33-63(62,15)59(44,10)11/h40-49,51-55H,2,21-38H2,1,3-20H3,(H,65,71)(H,66,72)(H2,74,75,76)/t42-,43+,44+,45-,46?,47?,48+,49?,51+,52-,53-,54-,55+,60+,61+,62+,63-,64+/m0/s1. The van der Waals surface area contributed by atoms with Gasteiger partial charge >= 0.3 is 7.82 Å². The van der Waals surface area contributed by atoms with E-state index in [1.165, 1.54) is 12.0 Å². The van der Waals surface area contributed by atoms with Gasteiger partial charge in [0, 0.05) is 34.4 Å². The molecule has 1 aliphatic heterocycles.